The number of benzene rings is 2. The Morgan fingerprint density at radius 2 is 1.63 bits per heavy atom. The SMILES string of the molecule is OCc1ccc(CNCc2cc(Br)ccc2O)cc1. The van der Waals surface area contributed by atoms with Crippen molar-refractivity contribution in [3.05, 3.63) is 63.6 Å². The summed E-state index contributed by atoms with van der Waals surface area (Å²) in [6.45, 7) is 1.39. The van der Waals surface area contributed by atoms with Crippen LogP contribution in [0.2, 0.25) is 0 Å². The van der Waals surface area contributed by atoms with Crippen molar-refractivity contribution < 1.29 is 10.2 Å². The Balaban J connectivity index is 1.90. The number of nitrogens with one attached hydrogen (secondary N) is 1. The van der Waals surface area contributed by atoms with E-state index in [4.69, 9.17) is 5.11 Å². The molecular formula is C15H16BrNO2. The van der Waals surface area contributed by atoms with E-state index in [1.165, 1.54) is 0 Å². The second kappa shape index (κ2) is 6.70. The van der Waals surface area contributed by atoms with E-state index in [-0.39, 0.29) is 6.61 Å². The first-order valence-electron chi connectivity index (χ1n) is 6.06. The van der Waals surface area contributed by atoms with Gasteiger partial charge in [-0.3, -0.25) is 0 Å². The molecule has 4 heteroatoms. The van der Waals surface area contributed by atoms with Gasteiger partial charge in [0.05, 0.1) is 6.61 Å². The lowest BCUT2D eigenvalue weighted by atomic mass is 10.1. The largest absolute Gasteiger partial charge is 0.508 e. The second-order valence-corrected chi connectivity index (χ2v) is 5.27. The van der Waals surface area contributed by atoms with E-state index in [0.29, 0.717) is 12.3 Å². The van der Waals surface area contributed by atoms with Crippen LogP contribution in [0.15, 0.2) is 46.9 Å². The molecule has 3 nitrogen and oxygen atoms in total. The molecule has 0 atom stereocenters. The van der Waals surface area contributed by atoms with Crippen molar-refractivity contribution in [2.45, 2.75) is 19.7 Å². The predicted octanol–water partition coefficient (Wildman–Crippen LogP) is 2.94. The molecule has 0 radical (unpaired) electrons. The molecule has 0 unspecified atom stereocenters. The van der Waals surface area contributed by atoms with E-state index in [1.807, 2.05) is 36.4 Å². The molecule has 0 aliphatic heterocycles. The van der Waals surface area contributed by atoms with E-state index in [9.17, 15) is 5.11 Å². The van der Waals surface area contributed by atoms with Crippen LogP contribution >= 0.6 is 15.9 Å². The Kier molecular flexibility index (Phi) is 4.96. The Morgan fingerprint density at radius 1 is 0.947 bits per heavy atom. The number of phenolic OH excluding ortho intramolecular Hbond substituents is 1. The van der Waals surface area contributed by atoms with Gasteiger partial charge < -0.3 is 15.5 Å². The smallest absolute Gasteiger partial charge is 0.120 e. The van der Waals surface area contributed by atoms with Crippen molar-refractivity contribution in [2.24, 2.45) is 0 Å². The molecule has 0 saturated carbocycles. The molecule has 0 fully saturated rings. The number of phenols is 1. The zero-order valence-corrected chi connectivity index (χ0v) is 12.0. The fraction of sp³-hybridized carbons (Fsp3) is 0.200. The maximum Gasteiger partial charge on any atom is 0.120 e. The highest BCUT2D eigenvalue weighted by molar-refractivity contribution is 9.10. The van der Waals surface area contributed by atoms with Crippen LogP contribution in [0.4, 0.5) is 0 Å². The van der Waals surface area contributed by atoms with Crippen LogP contribution in [-0.4, -0.2) is 10.2 Å². The summed E-state index contributed by atoms with van der Waals surface area (Å²) >= 11 is 3.39. The standard InChI is InChI=1S/C15H16BrNO2/c16-14-5-6-15(19)13(7-14)9-17-8-11-1-3-12(10-18)4-2-11/h1-7,17-19H,8-10H2. The van der Waals surface area contributed by atoms with Gasteiger partial charge in [0.2, 0.25) is 0 Å². The van der Waals surface area contributed by atoms with Gasteiger partial charge in [0.1, 0.15) is 5.75 Å². The first-order valence-corrected chi connectivity index (χ1v) is 6.85. The summed E-state index contributed by atoms with van der Waals surface area (Å²) in [6, 6.07) is 13.2. The van der Waals surface area contributed by atoms with E-state index in [0.717, 1.165) is 27.7 Å². The lowest BCUT2D eigenvalue weighted by Gasteiger charge is -2.08. The summed E-state index contributed by atoms with van der Waals surface area (Å²) in [6.07, 6.45) is 0. The zero-order chi connectivity index (χ0) is 13.7. The van der Waals surface area contributed by atoms with Crippen LogP contribution in [0.5, 0.6) is 5.75 Å². The maximum absolute atomic E-state index is 9.71. The van der Waals surface area contributed by atoms with E-state index in [1.54, 1.807) is 6.07 Å². The predicted molar refractivity (Wildman–Crippen MR) is 78.7 cm³/mol. The zero-order valence-electron chi connectivity index (χ0n) is 10.4. The highest BCUT2D eigenvalue weighted by Crippen LogP contribution is 2.21. The molecule has 0 heterocycles. The summed E-state index contributed by atoms with van der Waals surface area (Å²) in [5, 5.41) is 22.0. The molecule has 0 aliphatic carbocycles. The lowest BCUT2D eigenvalue weighted by molar-refractivity contribution is 0.282. The average Bonchev–Trinajstić information content (AvgIpc) is 2.43. The van der Waals surface area contributed by atoms with Gasteiger partial charge in [-0.1, -0.05) is 40.2 Å². The van der Waals surface area contributed by atoms with Gasteiger partial charge in [0.25, 0.3) is 0 Å². The minimum Gasteiger partial charge on any atom is -0.508 e. The molecule has 0 bridgehead atoms. The van der Waals surface area contributed by atoms with Gasteiger partial charge in [-0.25, -0.2) is 0 Å². The third-order valence-electron chi connectivity index (χ3n) is 2.89. The van der Waals surface area contributed by atoms with Crippen molar-refractivity contribution in [3.8, 4) is 5.75 Å². The summed E-state index contributed by atoms with van der Waals surface area (Å²) in [5.41, 5.74) is 2.92. The fourth-order valence-electron chi connectivity index (χ4n) is 1.80. The first-order chi connectivity index (χ1) is 9.19. The second-order valence-electron chi connectivity index (χ2n) is 4.35. The Labute approximate surface area is 121 Å². The Bertz CT molecular complexity index is 540. The van der Waals surface area contributed by atoms with E-state index >= 15 is 0 Å². The molecule has 19 heavy (non-hydrogen) atoms. The molecular weight excluding hydrogens is 306 g/mol. The highest BCUT2D eigenvalue weighted by Gasteiger charge is 2.01. The molecule has 2 rings (SSSR count). The number of aliphatic hydroxyl groups excluding tert-OH is 1. The maximum atomic E-state index is 9.71. The molecule has 100 valence electrons. The van der Waals surface area contributed by atoms with Crippen LogP contribution < -0.4 is 5.32 Å². The third kappa shape index (κ3) is 4.06. The van der Waals surface area contributed by atoms with Crippen molar-refractivity contribution in [2.75, 3.05) is 0 Å². The summed E-state index contributed by atoms with van der Waals surface area (Å²) in [4.78, 5) is 0. The molecule has 0 aromatic heterocycles. The van der Waals surface area contributed by atoms with Gasteiger partial charge in [-0.05, 0) is 29.3 Å². The quantitative estimate of drug-likeness (QED) is 0.793. The summed E-state index contributed by atoms with van der Waals surface area (Å²) < 4.78 is 0.953. The van der Waals surface area contributed by atoms with Crippen LogP contribution in [0.1, 0.15) is 16.7 Å². The van der Waals surface area contributed by atoms with Gasteiger partial charge >= 0.3 is 0 Å². The average molecular weight is 322 g/mol. The van der Waals surface area contributed by atoms with Crippen LogP contribution in [0, 0.1) is 0 Å². The molecule has 3 N–H and O–H groups in total. The van der Waals surface area contributed by atoms with Crippen molar-refractivity contribution in [1.29, 1.82) is 0 Å². The topological polar surface area (TPSA) is 52.5 Å². The van der Waals surface area contributed by atoms with E-state index < -0.39 is 0 Å². The van der Waals surface area contributed by atoms with Gasteiger partial charge in [-0.15, -0.1) is 0 Å². The molecule has 0 spiro atoms. The van der Waals surface area contributed by atoms with E-state index in [2.05, 4.69) is 21.2 Å². The molecule has 0 aliphatic rings. The first kappa shape index (κ1) is 14.1. The minimum atomic E-state index is 0.0691. The van der Waals surface area contributed by atoms with Crippen molar-refractivity contribution >= 4 is 15.9 Å². The monoisotopic (exact) mass is 321 g/mol. The Morgan fingerprint density at radius 3 is 2.32 bits per heavy atom. The van der Waals surface area contributed by atoms with Crippen molar-refractivity contribution in [1.82, 2.24) is 5.32 Å². The number of hydrogen-bond acceptors (Lipinski definition) is 3. The third-order valence-corrected chi connectivity index (χ3v) is 3.38. The summed E-state index contributed by atoms with van der Waals surface area (Å²) in [7, 11) is 0. The van der Waals surface area contributed by atoms with Crippen molar-refractivity contribution in [3.63, 3.8) is 0 Å². The van der Waals surface area contributed by atoms with Gasteiger partial charge in [0, 0.05) is 23.1 Å². The van der Waals surface area contributed by atoms with Crippen LogP contribution in [-0.2, 0) is 19.7 Å². The van der Waals surface area contributed by atoms with Gasteiger partial charge in [0.15, 0.2) is 0 Å². The number of halogens is 1. The molecule has 0 saturated heterocycles. The van der Waals surface area contributed by atoms with Crippen LogP contribution in [0.25, 0.3) is 0 Å². The lowest BCUT2D eigenvalue weighted by Crippen LogP contribution is -2.12. The molecule has 2 aromatic rings. The normalized spacial score (nSPS) is 10.6. The Hall–Kier alpha value is -1.36. The molecule has 2 aromatic carbocycles. The minimum absolute atomic E-state index is 0.0691. The van der Waals surface area contributed by atoms with Gasteiger partial charge in [-0.2, -0.15) is 0 Å². The van der Waals surface area contributed by atoms with Crippen LogP contribution in [0.3, 0.4) is 0 Å². The summed E-state index contributed by atoms with van der Waals surface area (Å²) in [5.74, 6) is 0.298. The number of aromatic hydroxyl groups is 1. The fourth-order valence-corrected chi connectivity index (χ4v) is 2.21. The number of aliphatic hydroxyl groups is 1. The highest BCUT2D eigenvalue weighted by atomic mass is 79.9. The number of rotatable bonds is 5. The molecule has 0 amide bonds. The number of hydrogen-bond donors (Lipinski definition) is 3.